The highest BCUT2D eigenvalue weighted by molar-refractivity contribution is 7.15. The van der Waals surface area contributed by atoms with E-state index in [0.29, 0.717) is 5.02 Å². The van der Waals surface area contributed by atoms with E-state index in [1.165, 1.54) is 0 Å². The second-order valence-electron chi connectivity index (χ2n) is 4.74. The van der Waals surface area contributed by atoms with Crippen molar-refractivity contribution >= 4 is 50.1 Å². The van der Waals surface area contributed by atoms with Crippen molar-refractivity contribution in [1.29, 1.82) is 0 Å². The highest BCUT2D eigenvalue weighted by atomic mass is 35.5. The number of fused-ring (bicyclic) bond motifs is 1. The summed E-state index contributed by atoms with van der Waals surface area (Å²) in [6.07, 6.45) is 2.02. The standard InChI is InChI=1S/C15H11ClN4S2/c1-9-13(20-6-7-21-15(20)17-9)12-8-22-14(19-12)18-11-5-3-2-4-10(11)16/h2-8H,1H3,(H,18,19). The monoisotopic (exact) mass is 346 g/mol. The molecule has 0 unspecified atom stereocenters. The number of rotatable bonds is 3. The summed E-state index contributed by atoms with van der Waals surface area (Å²) >= 11 is 9.35. The molecule has 3 heterocycles. The van der Waals surface area contributed by atoms with Crippen LogP contribution in [0.15, 0.2) is 41.2 Å². The Hall–Kier alpha value is -1.89. The molecule has 3 aromatic heterocycles. The van der Waals surface area contributed by atoms with Crippen molar-refractivity contribution in [2.75, 3.05) is 5.32 Å². The zero-order valence-electron chi connectivity index (χ0n) is 11.6. The van der Waals surface area contributed by atoms with Gasteiger partial charge in [0.15, 0.2) is 10.1 Å². The lowest BCUT2D eigenvalue weighted by Crippen LogP contribution is -1.91. The van der Waals surface area contributed by atoms with E-state index >= 15 is 0 Å². The fraction of sp³-hybridized carbons (Fsp3) is 0.0667. The summed E-state index contributed by atoms with van der Waals surface area (Å²) in [7, 11) is 0. The maximum absolute atomic E-state index is 6.17. The van der Waals surface area contributed by atoms with Crippen molar-refractivity contribution in [3.63, 3.8) is 0 Å². The Balaban J connectivity index is 1.71. The van der Waals surface area contributed by atoms with Crippen molar-refractivity contribution in [3.05, 3.63) is 51.9 Å². The normalized spacial score (nSPS) is 11.2. The number of aryl methyl sites for hydroxylation is 1. The third-order valence-electron chi connectivity index (χ3n) is 3.30. The van der Waals surface area contributed by atoms with Crippen LogP contribution in [0.2, 0.25) is 5.02 Å². The lowest BCUT2D eigenvalue weighted by atomic mass is 10.3. The Morgan fingerprint density at radius 3 is 2.91 bits per heavy atom. The van der Waals surface area contributed by atoms with Crippen molar-refractivity contribution < 1.29 is 0 Å². The first kappa shape index (κ1) is 13.8. The third-order valence-corrected chi connectivity index (χ3v) is 5.14. The molecule has 110 valence electrons. The zero-order valence-corrected chi connectivity index (χ0v) is 14.0. The molecule has 4 nitrogen and oxygen atoms in total. The lowest BCUT2D eigenvalue weighted by molar-refractivity contribution is 1.20. The summed E-state index contributed by atoms with van der Waals surface area (Å²) in [5, 5.41) is 8.82. The van der Waals surface area contributed by atoms with Gasteiger partial charge in [-0.3, -0.25) is 4.40 Å². The van der Waals surface area contributed by atoms with Gasteiger partial charge in [-0.25, -0.2) is 9.97 Å². The van der Waals surface area contributed by atoms with Gasteiger partial charge in [0.1, 0.15) is 5.69 Å². The Bertz CT molecular complexity index is 953. The molecule has 0 atom stereocenters. The number of nitrogens with zero attached hydrogens (tertiary/aromatic N) is 3. The van der Waals surface area contributed by atoms with Crippen LogP contribution in [0.3, 0.4) is 0 Å². The summed E-state index contributed by atoms with van der Waals surface area (Å²) in [6.45, 7) is 2.01. The quantitative estimate of drug-likeness (QED) is 0.552. The summed E-state index contributed by atoms with van der Waals surface area (Å²) in [5.41, 5.74) is 3.81. The Morgan fingerprint density at radius 1 is 1.18 bits per heavy atom. The molecule has 4 aromatic rings. The largest absolute Gasteiger partial charge is 0.330 e. The Morgan fingerprint density at radius 2 is 2.05 bits per heavy atom. The molecular weight excluding hydrogens is 336 g/mol. The van der Waals surface area contributed by atoms with Gasteiger partial charge < -0.3 is 5.32 Å². The smallest absolute Gasteiger partial charge is 0.194 e. The van der Waals surface area contributed by atoms with Gasteiger partial charge >= 0.3 is 0 Å². The van der Waals surface area contributed by atoms with Gasteiger partial charge in [-0.2, -0.15) is 0 Å². The van der Waals surface area contributed by atoms with E-state index in [9.17, 15) is 0 Å². The van der Waals surface area contributed by atoms with E-state index in [1.807, 2.05) is 48.1 Å². The van der Waals surface area contributed by atoms with Gasteiger partial charge in [-0.05, 0) is 19.1 Å². The maximum Gasteiger partial charge on any atom is 0.194 e. The number of aromatic nitrogens is 3. The molecule has 1 N–H and O–H groups in total. The van der Waals surface area contributed by atoms with Crippen LogP contribution in [0.4, 0.5) is 10.8 Å². The maximum atomic E-state index is 6.17. The molecule has 0 bridgehead atoms. The van der Waals surface area contributed by atoms with Crippen LogP contribution in [0, 0.1) is 6.92 Å². The molecule has 0 amide bonds. The minimum Gasteiger partial charge on any atom is -0.330 e. The van der Waals surface area contributed by atoms with Crippen molar-refractivity contribution in [3.8, 4) is 11.4 Å². The van der Waals surface area contributed by atoms with E-state index < -0.39 is 0 Å². The predicted octanol–water partition coefficient (Wildman–Crippen LogP) is 5.22. The molecular formula is C15H11ClN4S2. The van der Waals surface area contributed by atoms with Crippen molar-refractivity contribution in [1.82, 2.24) is 14.4 Å². The number of thiazole rings is 2. The molecule has 4 rings (SSSR count). The summed E-state index contributed by atoms with van der Waals surface area (Å²) in [4.78, 5) is 10.2. The summed E-state index contributed by atoms with van der Waals surface area (Å²) < 4.78 is 2.08. The predicted molar refractivity (Wildman–Crippen MR) is 93.6 cm³/mol. The molecule has 0 aliphatic rings. The van der Waals surface area contributed by atoms with Gasteiger partial charge in [0.25, 0.3) is 0 Å². The van der Waals surface area contributed by atoms with Crippen molar-refractivity contribution in [2.24, 2.45) is 0 Å². The number of anilines is 2. The molecule has 0 radical (unpaired) electrons. The highest BCUT2D eigenvalue weighted by Gasteiger charge is 2.15. The highest BCUT2D eigenvalue weighted by Crippen LogP contribution is 2.32. The first-order valence-corrected chi connectivity index (χ1v) is 8.76. The van der Waals surface area contributed by atoms with Crippen LogP contribution in [0.1, 0.15) is 5.69 Å². The van der Waals surface area contributed by atoms with Crippen LogP contribution in [-0.2, 0) is 0 Å². The average molecular weight is 347 g/mol. The fourth-order valence-corrected chi connectivity index (χ4v) is 3.97. The molecule has 0 spiro atoms. The van der Waals surface area contributed by atoms with Gasteiger partial charge in [0.05, 0.1) is 22.1 Å². The van der Waals surface area contributed by atoms with Gasteiger partial charge in [-0.15, -0.1) is 22.7 Å². The van der Waals surface area contributed by atoms with Gasteiger partial charge in [0, 0.05) is 17.0 Å². The second-order valence-corrected chi connectivity index (χ2v) is 6.88. The molecule has 0 fully saturated rings. The van der Waals surface area contributed by atoms with Gasteiger partial charge in [-0.1, -0.05) is 23.7 Å². The molecule has 7 heteroatoms. The van der Waals surface area contributed by atoms with E-state index in [2.05, 4.69) is 19.7 Å². The molecule has 0 aliphatic carbocycles. The molecule has 0 saturated heterocycles. The average Bonchev–Trinajstić information content (AvgIpc) is 3.17. The van der Waals surface area contributed by atoms with Crippen LogP contribution in [-0.4, -0.2) is 14.4 Å². The van der Waals surface area contributed by atoms with E-state index in [1.54, 1.807) is 22.7 Å². The van der Waals surface area contributed by atoms with Crippen LogP contribution >= 0.6 is 34.3 Å². The third kappa shape index (κ3) is 2.29. The number of benzene rings is 1. The van der Waals surface area contributed by atoms with Crippen LogP contribution < -0.4 is 5.32 Å². The minimum absolute atomic E-state index is 0.681. The van der Waals surface area contributed by atoms with Crippen molar-refractivity contribution in [2.45, 2.75) is 6.92 Å². The van der Waals surface area contributed by atoms with E-state index in [0.717, 1.165) is 32.9 Å². The molecule has 0 aliphatic heterocycles. The lowest BCUT2D eigenvalue weighted by Gasteiger charge is -2.04. The number of imidazole rings is 1. The summed E-state index contributed by atoms with van der Waals surface area (Å²) in [6, 6.07) is 7.64. The molecule has 0 saturated carbocycles. The number of halogens is 1. The first-order chi connectivity index (χ1) is 10.7. The van der Waals surface area contributed by atoms with E-state index in [4.69, 9.17) is 11.6 Å². The SMILES string of the molecule is Cc1nc2sccn2c1-c1csc(Nc2ccccc2Cl)n1. The number of hydrogen-bond donors (Lipinski definition) is 1. The first-order valence-electron chi connectivity index (χ1n) is 6.62. The number of nitrogens with one attached hydrogen (secondary N) is 1. The number of hydrogen-bond acceptors (Lipinski definition) is 5. The Kier molecular flexibility index (Phi) is 3.37. The summed E-state index contributed by atoms with van der Waals surface area (Å²) in [5.74, 6) is 0. The Labute approximate surface area is 140 Å². The fourth-order valence-electron chi connectivity index (χ4n) is 2.32. The number of para-hydroxylation sites is 1. The molecule has 22 heavy (non-hydrogen) atoms. The minimum atomic E-state index is 0.681. The topological polar surface area (TPSA) is 42.2 Å². The van der Waals surface area contributed by atoms with Crippen LogP contribution in [0.5, 0.6) is 0 Å². The van der Waals surface area contributed by atoms with E-state index in [-0.39, 0.29) is 0 Å². The van der Waals surface area contributed by atoms with Gasteiger partial charge in [0.2, 0.25) is 0 Å². The second kappa shape index (κ2) is 5.39. The van der Waals surface area contributed by atoms with Crippen LogP contribution in [0.25, 0.3) is 16.3 Å². The molecule has 1 aromatic carbocycles. The zero-order chi connectivity index (χ0) is 15.1.